The minimum absolute atomic E-state index is 0.114. The average molecular weight is 312 g/mol. The van der Waals surface area contributed by atoms with Crippen LogP contribution in [0.3, 0.4) is 0 Å². The Hall–Kier alpha value is -2.89. The standard InChI is InChI=1S/C17H16N2O4/c20-16(21)15-9-14-13(7-4-8-18-14)10-19(15)17(22)23-11-12-5-2-1-3-6-12/h1-8,15H,9-11H2,(H,20,21)/t15-/m1/s1. The maximum absolute atomic E-state index is 12.3. The lowest BCUT2D eigenvalue weighted by molar-refractivity contribution is -0.143. The van der Waals surface area contributed by atoms with Crippen LogP contribution in [0.4, 0.5) is 4.79 Å². The van der Waals surface area contributed by atoms with Crippen LogP contribution in [0, 0.1) is 0 Å². The molecule has 0 unspecified atom stereocenters. The molecule has 1 aliphatic rings. The molecule has 0 saturated carbocycles. The summed E-state index contributed by atoms with van der Waals surface area (Å²) in [5, 5.41) is 9.39. The molecule has 1 aromatic heterocycles. The summed E-state index contributed by atoms with van der Waals surface area (Å²) in [7, 11) is 0. The van der Waals surface area contributed by atoms with Crippen LogP contribution in [0.2, 0.25) is 0 Å². The molecular weight excluding hydrogens is 296 g/mol. The number of ether oxygens (including phenoxy) is 1. The van der Waals surface area contributed by atoms with Crippen LogP contribution in [0.25, 0.3) is 0 Å². The second kappa shape index (κ2) is 6.48. The van der Waals surface area contributed by atoms with Gasteiger partial charge in [0.2, 0.25) is 0 Å². The van der Waals surface area contributed by atoms with E-state index < -0.39 is 18.1 Å². The first kappa shape index (κ1) is 15.0. The van der Waals surface area contributed by atoms with Gasteiger partial charge in [-0.1, -0.05) is 36.4 Å². The summed E-state index contributed by atoms with van der Waals surface area (Å²) in [5.41, 5.74) is 2.42. The quantitative estimate of drug-likeness (QED) is 0.940. The van der Waals surface area contributed by atoms with Gasteiger partial charge < -0.3 is 9.84 Å². The van der Waals surface area contributed by atoms with E-state index in [1.165, 1.54) is 4.90 Å². The summed E-state index contributed by atoms with van der Waals surface area (Å²) in [6, 6.07) is 11.9. The summed E-state index contributed by atoms with van der Waals surface area (Å²) in [6.07, 6.45) is 1.18. The number of carbonyl (C=O) groups is 2. The molecule has 3 rings (SSSR count). The zero-order chi connectivity index (χ0) is 16.2. The molecule has 0 fully saturated rings. The first-order chi connectivity index (χ1) is 11.1. The van der Waals surface area contributed by atoms with Crippen molar-refractivity contribution in [3.63, 3.8) is 0 Å². The molecule has 6 heteroatoms. The van der Waals surface area contributed by atoms with Gasteiger partial charge in [0.05, 0.1) is 6.54 Å². The zero-order valence-corrected chi connectivity index (χ0v) is 12.4. The molecule has 0 saturated heterocycles. The van der Waals surface area contributed by atoms with E-state index in [9.17, 15) is 14.7 Å². The van der Waals surface area contributed by atoms with Crippen LogP contribution >= 0.6 is 0 Å². The van der Waals surface area contributed by atoms with Gasteiger partial charge in [-0.05, 0) is 17.2 Å². The molecule has 0 bridgehead atoms. The molecule has 0 spiro atoms. The topological polar surface area (TPSA) is 79.7 Å². The van der Waals surface area contributed by atoms with E-state index in [4.69, 9.17) is 4.74 Å². The van der Waals surface area contributed by atoms with Gasteiger partial charge in [0.15, 0.2) is 0 Å². The molecular formula is C17H16N2O4. The van der Waals surface area contributed by atoms with Crippen molar-refractivity contribution in [1.29, 1.82) is 0 Å². The largest absolute Gasteiger partial charge is 0.480 e. The van der Waals surface area contributed by atoms with E-state index in [0.29, 0.717) is 5.69 Å². The monoisotopic (exact) mass is 312 g/mol. The van der Waals surface area contributed by atoms with Crippen molar-refractivity contribution in [2.75, 3.05) is 0 Å². The predicted octanol–water partition coefficient (Wildman–Crippen LogP) is 2.23. The first-order valence-corrected chi connectivity index (χ1v) is 7.28. The molecule has 0 aliphatic carbocycles. The van der Waals surface area contributed by atoms with E-state index in [2.05, 4.69) is 4.98 Å². The van der Waals surface area contributed by atoms with E-state index in [0.717, 1.165) is 11.1 Å². The Morgan fingerprint density at radius 1 is 1.22 bits per heavy atom. The maximum Gasteiger partial charge on any atom is 0.411 e. The number of aliphatic carboxylic acids is 1. The number of fused-ring (bicyclic) bond motifs is 1. The first-order valence-electron chi connectivity index (χ1n) is 7.28. The third kappa shape index (κ3) is 3.31. The van der Waals surface area contributed by atoms with Gasteiger partial charge in [-0.2, -0.15) is 0 Å². The van der Waals surface area contributed by atoms with Crippen molar-refractivity contribution in [2.45, 2.75) is 25.6 Å². The van der Waals surface area contributed by atoms with Gasteiger partial charge in [-0.15, -0.1) is 0 Å². The van der Waals surface area contributed by atoms with Crippen molar-refractivity contribution in [3.8, 4) is 0 Å². The van der Waals surface area contributed by atoms with Crippen LogP contribution in [0.15, 0.2) is 48.7 Å². The molecule has 23 heavy (non-hydrogen) atoms. The Labute approximate surface area is 133 Å². The highest BCUT2D eigenvalue weighted by Gasteiger charge is 2.36. The van der Waals surface area contributed by atoms with Crippen LogP contribution in [-0.2, 0) is 29.1 Å². The van der Waals surface area contributed by atoms with E-state index in [-0.39, 0.29) is 19.6 Å². The number of nitrogens with zero attached hydrogens (tertiary/aromatic N) is 2. The number of aromatic nitrogens is 1. The summed E-state index contributed by atoms with van der Waals surface area (Å²) in [5.74, 6) is -1.06. The van der Waals surface area contributed by atoms with Gasteiger partial charge in [-0.25, -0.2) is 9.59 Å². The van der Waals surface area contributed by atoms with Gasteiger partial charge >= 0.3 is 12.1 Å². The normalized spacial score (nSPS) is 16.5. The number of carbonyl (C=O) groups excluding carboxylic acids is 1. The lowest BCUT2D eigenvalue weighted by Crippen LogP contribution is -2.49. The molecule has 1 N–H and O–H groups in total. The van der Waals surface area contributed by atoms with Crippen molar-refractivity contribution in [1.82, 2.24) is 9.88 Å². The molecule has 1 aromatic carbocycles. The van der Waals surface area contributed by atoms with Crippen LogP contribution in [0.5, 0.6) is 0 Å². The van der Waals surface area contributed by atoms with E-state index in [1.54, 1.807) is 12.3 Å². The second-order valence-electron chi connectivity index (χ2n) is 5.34. The smallest absolute Gasteiger partial charge is 0.411 e. The Bertz CT molecular complexity index is 718. The van der Waals surface area contributed by atoms with Crippen LogP contribution in [0.1, 0.15) is 16.8 Å². The SMILES string of the molecule is O=C(O)[C@H]1Cc2ncccc2CN1C(=O)OCc1ccccc1. The van der Waals surface area contributed by atoms with E-state index in [1.807, 2.05) is 36.4 Å². The summed E-state index contributed by atoms with van der Waals surface area (Å²) >= 11 is 0. The van der Waals surface area contributed by atoms with Gasteiger partial charge in [0, 0.05) is 18.3 Å². The number of pyridine rings is 1. The molecule has 0 radical (unpaired) electrons. The number of benzene rings is 1. The Morgan fingerprint density at radius 2 is 2.00 bits per heavy atom. The second-order valence-corrected chi connectivity index (χ2v) is 5.34. The lowest BCUT2D eigenvalue weighted by atomic mass is 9.99. The van der Waals surface area contributed by atoms with Gasteiger partial charge in [0.1, 0.15) is 12.6 Å². The highest BCUT2D eigenvalue weighted by atomic mass is 16.6. The number of rotatable bonds is 3. The average Bonchev–Trinajstić information content (AvgIpc) is 2.59. The molecule has 1 atom stereocenters. The Balaban J connectivity index is 1.74. The Morgan fingerprint density at radius 3 is 2.74 bits per heavy atom. The lowest BCUT2D eigenvalue weighted by Gasteiger charge is -2.32. The molecule has 118 valence electrons. The minimum atomic E-state index is -1.06. The van der Waals surface area contributed by atoms with Crippen molar-refractivity contribution in [3.05, 3.63) is 65.5 Å². The highest BCUT2D eigenvalue weighted by molar-refractivity contribution is 5.81. The zero-order valence-electron chi connectivity index (χ0n) is 12.4. The summed E-state index contributed by atoms with van der Waals surface area (Å²) in [4.78, 5) is 29.2. The molecule has 1 amide bonds. The number of amides is 1. The maximum atomic E-state index is 12.3. The molecule has 2 aromatic rings. The summed E-state index contributed by atoms with van der Waals surface area (Å²) in [6.45, 7) is 0.302. The molecule has 2 heterocycles. The third-order valence-electron chi connectivity index (χ3n) is 3.81. The fraction of sp³-hybridized carbons (Fsp3) is 0.235. The van der Waals surface area contributed by atoms with Crippen molar-refractivity contribution < 1.29 is 19.4 Å². The fourth-order valence-electron chi connectivity index (χ4n) is 2.60. The number of hydrogen-bond acceptors (Lipinski definition) is 4. The predicted molar refractivity (Wildman–Crippen MR) is 81.5 cm³/mol. The van der Waals surface area contributed by atoms with E-state index >= 15 is 0 Å². The number of carboxylic acid groups (broad SMARTS) is 1. The van der Waals surface area contributed by atoms with Crippen LogP contribution < -0.4 is 0 Å². The van der Waals surface area contributed by atoms with Crippen LogP contribution in [-0.4, -0.2) is 33.1 Å². The minimum Gasteiger partial charge on any atom is -0.480 e. The Kier molecular flexibility index (Phi) is 4.23. The highest BCUT2D eigenvalue weighted by Crippen LogP contribution is 2.22. The third-order valence-corrected chi connectivity index (χ3v) is 3.81. The fourth-order valence-corrected chi connectivity index (χ4v) is 2.60. The summed E-state index contributed by atoms with van der Waals surface area (Å²) < 4.78 is 5.27. The number of carboxylic acids is 1. The van der Waals surface area contributed by atoms with Gasteiger partial charge in [-0.3, -0.25) is 9.88 Å². The number of hydrogen-bond donors (Lipinski definition) is 1. The van der Waals surface area contributed by atoms with Crippen molar-refractivity contribution in [2.24, 2.45) is 0 Å². The van der Waals surface area contributed by atoms with Gasteiger partial charge in [0.25, 0.3) is 0 Å². The molecule has 1 aliphatic heterocycles. The molecule has 6 nitrogen and oxygen atoms in total. The van der Waals surface area contributed by atoms with Crippen molar-refractivity contribution >= 4 is 12.1 Å².